The number of ketones is 1. The fourth-order valence-corrected chi connectivity index (χ4v) is 1.62. The molecule has 0 aliphatic rings. The minimum absolute atomic E-state index is 0.0187. The molecule has 1 aromatic carbocycles. The van der Waals surface area contributed by atoms with Crippen LogP contribution in [0.25, 0.3) is 0 Å². The largest absolute Gasteiger partial charge is 0.296 e. The van der Waals surface area contributed by atoms with E-state index in [4.69, 9.17) is 0 Å². The lowest BCUT2D eigenvalue weighted by molar-refractivity contribution is 0.0933. The number of rotatable bonds is 6. The van der Waals surface area contributed by atoms with Gasteiger partial charge in [-0.3, -0.25) is 9.69 Å². The molecule has 0 N–H and O–H groups in total. The molecule has 0 bridgehead atoms. The van der Waals surface area contributed by atoms with Gasteiger partial charge >= 0.3 is 0 Å². The molecule has 0 aromatic heterocycles. The Morgan fingerprint density at radius 1 is 1.38 bits per heavy atom. The Morgan fingerprint density at radius 2 is 2.12 bits per heavy atom. The Hall–Kier alpha value is -1.22. The summed E-state index contributed by atoms with van der Waals surface area (Å²) in [6.45, 7) is 6.21. The Bertz CT molecular complexity index is 352. The van der Waals surface area contributed by atoms with Crippen molar-refractivity contribution in [2.24, 2.45) is 0 Å². The maximum Gasteiger partial charge on any atom is 0.176 e. The van der Waals surface area contributed by atoms with Crippen LogP contribution in [-0.4, -0.2) is 30.3 Å². The van der Waals surface area contributed by atoms with E-state index in [9.17, 15) is 9.18 Å². The fraction of sp³-hybridized carbons (Fsp3) is 0.462. The molecule has 3 heteroatoms. The van der Waals surface area contributed by atoms with Crippen LogP contribution in [0.2, 0.25) is 0 Å². The Kier molecular flexibility index (Phi) is 5.12. The van der Waals surface area contributed by atoms with Crippen molar-refractivity contribution in [2.45, 2.75) is 20.3 Å². The van der Waals surface area contributed by atoms with Crippen molar-refractivity contribution >= 4 is 5.78 Å². The standard InChI is InChI=1S/C13H18FNO/c1-3-8-15(4-2)10-13(16)11-6-5-7-12(14)9-11/h5-7,9H,3-4,8,10H2,1-2H3. The number of likely N-dealkylation sites (N-methyl/N-ethyl adjacent to an activating group) is 1. The minimum Gasteiger partial charge on any atom is -0.296 e. The lowest BCUT2D eigenvalue weighted by Crippen LogP contribution is -2.30. The van der Waals surface area contributed by atoms with Crippen LogP contribution < -0.4 is 0 Å². The van der Waals surface area contributed by atoms with Gasteiger partial charge in [0.1, 0.15) is 5.82 Å². The van der Waals surface area contributed by atoms with Crippen molar-refractivity contribution in [3.05, 3.63) is 35.6 Å². The molecule has 0 aliphatic carbocycles. The lowest BCUT2D eigenvalue weighted by Gasteiger charge is -2.18. The molecule has 0 saturated heterocycles. The van der Waals surface area contributed by atoms with Crippen LogP contribution in [-0.2, 0) is 0 Å². The number of halogens is 1. The molecule has 0 heterocycles. The van der Waals surface area contributed by atoms with Crippen LogP contribution in [0.3, 0.4) is 0 Å². The number of Topliss-reactive ketones (excluding diaryl/α,β-unsaturated/α-hetero) is 1. The second kappa shape index (κ2) is 6.38. The Balaban J connectivity index is 2.64. The van der Waals surface area contributed by atoms with Crippen LogP contribution in [0, 0.1) is 5.82 Å². The summed E-state index contributed by atoms with van der Waals surface area (Å²) in [6, 6.07) is 5.87. The lowest BCUT2D eigenvalue weighted by atomic mass is 10.1. The zero-order chi connectivity index (χ0) is 12.0. The van der Waals surface area contributed by atoms with Gasteiger partial charge in [-0.2, -0.15) is 0 Å². The normalized spacial score (nSPS) is 10.8. The molecule has 1 aromatic rings. The number of hydrogen-bond donors (Lipinski definition) is 0. The minimum atomic E-state index is -0.357. The average molecular weight is 223 g/mol. The van der Waals surface area contributed by atoms with Gasteiger partial charge < -0.3 is 0 Å². The van der Waals surface area contributed by atoms with E-state index < -0.39 is 0 Å². The van der Waals surface area contributed by atoms with E-state index in [1.165, 1.54) is 12.1 Å². The van der Waals surface area contributed by atoms with Crippen molar-refractivity contribution in [1.82, 2.24) is 4.90 Å². The number of benzene rings is 1. The molecule has 1 rings (SSSR count). The molecular weight excluding hydrogens is 205 g/mol. The number of carbonyl (C=O) groups excluding carboxylic acids is 1. The molecule has 0 amide bonds. The molecular formula is C13H18FNO. The fourth-order valence-electron chi connectivity index (χ4n) is 1.62. The summed E-state index contributed by atoms with van der Waals surface area (Å²) in [4.78, 5) is 13.9. The number of carbonyl (C=O) groups is 1. The van der Waals surface area contributed by atoms with E-state index in [0.717, 1.165) is 19.5 Å². The third kappa shape index (κ3) is 3.74. The molecule has 0 aliphatic heterocycles. The Morgan fingerprint density at radius 3 is 2.69 bits per heavy atom. The van der Waals surface area contributed by atoms with Crippen molar-refractivity contribution in [3.63, 3.8) is 0 Å². The first-order valence-corrected chi connectivity index (χ1v) is 5.68. The quantitative estimate of drug-likeness (QED) is 0.691. The highest BCUT2D eigenvalue weighted by atomic mass is 19.1. The number of nitrogens with zero attached hydrogens (tertiary/aromatic N) is 1. The zero-order valence-corrected chi connectivity index (χ0v) is 9.87. The van der Waals surface area contributed by atoms with Crippen molar-refractivity contribution < 1.29 is 9.18 Å². The first kappa shape index (κ1) is 12.8. The third-order valence-corrected chi connectivity index (χ3v) is 2.50. The van der Waals surface area contributed by atoms with Gasteiger partial charge in [0.05, 0.1) is 6.54 Å². The van der Waals surface area contributed by atoms with Gasteiger partial charge in [0.2, 0.25) is 0 Å². The van der Waals surface area contributed by atoms with E-state index in [-0.39, 0.29) is 11.6 Å². The number of hydrogen-bond acceptors (Lipinski definition) is 2. The molecule has 0 unspecified atom stereocenters. The monoisotopic (exact) mass is 223 g/mol. The predicted molar refractivity (Wildman–Crippen MR) is 63.1 cm³/mol. The molecule has 0 atom stereocenters. The van der Waals surface area contributed by atoms with Crippen LogP contribution in [0.4, 0.5) is 4.39 Å². The van der Waals surface area contributed by atoms with Crippen LogP contribution in [0.15, 0.2) is 24.3 Å². The van der Waals surface area contributed by atoms with Gasteiger partial charge in [-0.25, -0.2) is 4.39 Å². The summed E-state index contributed by atoms with van der Waals surface area (Å²) in [5.41, 5.74) is 0.453. The molecule has 0 radical (unpaired) electrons. The maximum absolute atomic E-state index is 12.9. The SMILES string of the molecule is CCCN(CC)CC(=O)c1cccc(F)c1. The molecule has 88 valence electrons. The van der Waals surface area contributed by atoms with E-state index in [1.807, 2.05) is 6.92 Å². The van der Waals surface area contributed by atoms with E-state index in [0.29, 0.717) is 12.1 Å². The van der Waals surface area contributed by atoms with Gasteiger partial charge in [-0.05, 0) is 31.6 Å². The zero-order valence-electron chi connectivity index (χ0n) is 9.87. The smallest absolute Gasteiger partial charge is 0.176 e. The molecule has 0 fully saturated rings. The molecule has 2 nitrogen and oxygen atoms in total. The van der Waals surface area contributed by atoms with Crippen LogP contribution in [0.1, 0.15) is 30.6 Å². The summed E-state index contributed by atoms with van der Waals surface area (Å²) in [6.07, 6.45) is 1.02. The maximum atomic E-state index is 12.9. The van der Waals surface area contributed by atoms with Crippen molar-refractivity contribution in [2.75, 3.05) is 19.6 Å². The molecule has 0 spiro atoms. The van der Waals surface area contributed by atoms with E-state index in [1.54, 1.807) is 12.1 Å². The first-order chi connectivity index (χ1) is 7.67. The molecule has 0 saturated carbocycles. The highest BCUT2D eigenvalue weighted by Crippen LogP contribution is 2.05. The summed E-state index contributed by atoms with van der Waals surface area (Å²) in [5.74, 6) is -0.376. The highest BCUT2D eigenvalue weighted by Gasteiger charge is 2.10. The van der Waals surface area contributed by atoms with Crippen molar-refractivity contribution in [1.29, 1.82) is 0 Å². The third-order valence-electron chi connectivity index (χ3n) is 2.50. The van der Waals surface area contributed by atoms with Crippen LogP contribution in [0.5, 0.6) is 0 Å². The second-order valence-electron chi connectivity index (χ2n) is 3.80. The molecule has 16 heavy (non-hydrogen) atoms. The summed E-state index contributed by atoms with van der Waals surface area (Å²) in [7, 11) is 0. The topological polar surface area (TPSA) is 20.3 Å². The van der Waals surface area contributed by atoms with E-state index >= 15 is 0 Å². The highest BCUT2D eigenvalue weighted by molar-refractivity contribution is 5.97. The van der Waals surface area contributed by atoms with E-state index in [2.05, 4.69) is 11.8 Å². The van der Waals surface area contributed by atoms with Gasteiger partial charge in [0, 0.05) is 5.56 Å². The second-order valence-corrected chi connectivity index (χ2v) is 3.80. The van der Waals surface area contributed by atoms with Gasteiger partial charge in [-0.1, -0.05) is 26.0 Å². The summed E-state index contributed by atoms with van der Waals surface area (Å²) in [5, 5.41) is 0. The van der Waals surface area contributed by atoms with Gasteiger partial charge in [0.15, 0.2) is 5.78 Å². The van der Waals surface area contributed by atoms with Crippen molar-refractivity contribution in [3.8, 4) is 0 Å². The summed E-state index contributed by atoms with van der Waals surface area (Å²) < 4.78 is 12.9. The Labute approximate surface area is 96.1 Å². The summed E-state index contributed by atoms with van der Waals surface area (Å²) >= 11 is 0. The first-order valence-electron chi connectivity index (χ1n) is 5.68. The average Bonchev–Trinajstić information content (AvgIpc) is 2.28. The van der Waals surface area contributed by atoms with Gasteiger partial charge in [-0.15, -0.1) is 0 Å². The van der Waals surface area contributed by atoms with Crippen LogP contribution >= 0.6 is 0 Å². The van der Waals surface area contributed by atoms with Gasteiger partial charge in [0.25, 0.3) is 0 Å². The predicted octanol–water partition coefficient (Wildman–Crippen LogP) is 2.74.